The topological polar surface area (TPSA) is 52.3 Å². The number of hydrogen-bond acceptors (Lipinski definition) is 3. The Hall–Kier alpha value is -0.570. The van der Waals surface area contributed by atoms with Gasteiger partial charge in [0.2, 0.25) is 0 Å². The van der Waals surface area contributed by atoms with Crippen molar-refractivity contribution in [1.29, 1.82) is 0 Å². The van der Waals surface area contributed by atoms with Crippen LogP contribution in [0.15, 0.2) is 0 Å². The van der Waals surface area contributed by atoms with E-state index in [1.54, 1.807) is 0 Å². The fraction of sp³-hybridized carbons (Fsp3) is 0.929. The Morgan fingerprint density at radius 1 is 1.18 bits per heavy atom. The molecular weight excluding hydrogens is 214 g/mol. The molecule has 2 atom stereocenters. The first-order valence-electron chi connectivity index (χ1n) is 6.93. The molecule has 0 heterocycles. The summed E-state index contributed by atoms with van der Waals surface area (Å²) in [5, 5.41) is 0. The van der Waals surface area contributed by atoms with Crippen molar-refractivity contribution >= 4 is 5.97 Å². The van der Waals surface area contributed by atoms with Crippen LogP contribution in [0.2, 0.25) is 0 Å². The van der Waals surface area contributed by atoms with Crippen LogP contribution in [-0.2, 0) is 9.53 Å². The zero-order valence-corrected chi connectivity index (χ0v) is 11.9. The predicted octanol–water partition coefficient (Wildman–Crippen LogP) is 3.26. The van der Waals surface area contributed by atoms with Crippen molar-refractivity contribution in [2.75, 3.05) is 0 Å². The Kier molecular flexibility index (Phi) is 9.14. The minimum atomic E-state index is -0.465. The smallest absolute Gasteiger partial charge is 0.323 e. The molecule has 0 amide bonds. The number of carbonyl (C=O) groups excluding carboxylic acids is 1. The van der Waals surface area contributed by atoms with E-state index in [2.05, 4.69) is 20.8 Å². The summed E-state index contributed by atoms with van der Waals surface area (Å²) in [7, 11) is 0. The monoisotopic (exact) mass is 243 g/mol. The summed E-state index contributed by atoms with van der Waals surface area (Å²) >= 11 is 0. The predicted molar refractivity (Wildman–Crippen MR) is 71.7 cm³/mol. The lowest BCUT2D eigenvalue weighted by atomic mass is 10.0. The molecule has 2 N–H and O–H groups in total. The third kappa shape index (κ3) is 9.16. The summed E-state index contributed by atoms with van der Waals surface area (Å²) in [5.74, 6) is 0.180. The molecule has 0 rings (SSSR count). The van der Waals surface area contributed by atoms with Crippen LogP contribution < -0.4 is 5.73 Å². The molecule has 0 aromatic carbocycles. The maximum atomic E-state index is 11.6. The van der Waals surface area contributed by atoms with Gasteiger partial charge in [0.05, 0.1) is 6.10 Å². The van der Waals surface area contributed by atoms with Gasteiger partial charge in [-0.25, -0.2) is 0 Å². The van der Waals surface area contributed by atoms with Crippen LogP contribution in [0.25, 0.3) is 0 Å². The van der Waals surface area contributed by atoms with Crippen LogP contribution >= 0.6 is 0 Å². The normalized spacial score (nSPS) is 14.7. The number of carbonyl (C=O) groups is 1. The van der Waals surface area contributed by atoms with Gasteiger partial charge in [-0.05, 0) is 32.1 Å². The molecule has 0 fully saturated rings. The van der Waals surface area contributed by atoms with E-state index in [0.717, 1.165) is 12.8 Å². The Labute approximate surface area is 106 Å². The van der Waals surface area contributed by atoms with E-state index in [9.17, 15) is 4.79 Å². The molecule has 17 heavy (non-hydrogen) atoms. The SMILES string of the molecule is CCCCCCC(C)OC(=O)[C@H](N)CC(C)C. The molecule has 0 aliphatic heterocycles. The Morgan fingerprint density at radius 3 is 2.35 bits per heavy atom. The molecule has 0 aromatic heterocycles. The van der Waals surface area contributed by atoms with Crippen LogP contribution in [0, 0.1) is 5.92 Å². The molecular formula is C14H29NO2. The van der Waals surface area contributed by atoms with Crippen molar-refractivity contribution in [2.24, 2.45) is 11.7 Å². The molecule has 0 saturated carbocycles. The van der Waals surface area contributed by atoms with Gasteiger partial charge in [-0.1, -0.05) is 40.0 Å². The quantitative estimate of drug-likeness (QED) is 0.499. The third-order valence-corrected chi connectivity index (χ3v) is 2.81. The first-order valence-corrected chi connectivity index (χ1v) is 6.93. The van der Waals surface area contributed by atoms with Crippen LogP contribution in [0.5, 0.6) is 0 Å². The standard InChI is InChI=1S/C14H29NO2/c1-5-6-7-8-9-12(4)17-14(16)13(15)10-11(2)3/h11-13H,5-10,15H2,1-4H3/t12?,13-/m1/s1. The van der Waals surface area contributed by atoms with E-state index in [1.807, 2.05) is 6.92 Å². The number of nitrogens with two attached hydrogens (primary N) is 1. The summed E-state index contributed by atoms with van der Waals surface area (Å²) in [4.78, 5) is 11.6. The lowest BCUT2D eigenvalue weighted by molar-refractivity contribution is -0.150. The summed E-state index contributed by atoms with van der Waals surface area (Å²) < 4.78 is 5.33. The second kappa shape index (κ2) is 9.46. The average molecular weight is 243 g/mol. The lowest BCUT2D eigenvalue weighted by Crippen LogP contribution is -2.35. The zero-order chi connectivity index (χ0) is 13.3. The van der Waals surface area contributed by atoms with Crippen LogP contribution in [0.3, 0.4) is 0 Å². The van der Waals surface area contributed by atoms with Gasteiger partial charge in [-0.15, -0.1) is 0 Å². The Bertz CT molecular complexity index is 204. The lowest BCUT2D eigenvalue weighted by Gasteiger charge is -2.17. The summed E-state index contributed by atoms with van der Waals surface area (Å²) in [6.45, 7) is 8.25. The van der Waals surface area contributed by atoms with Gasteiger partial charge in [0.15, 0.2) is 0 Å². The van der Waals surface area contributed by atoms with Crippen molar-refractivity contribution in [3.63, 3.8) is 0 Å². The van der Waals surface area contributed by atoms with E-state index in [-0.39, 0.29) is 12.1 Å². The molecule has 0 aliphatic rings. The molecule has 0 radical (unpaired) electrons. The maximum Gasteiger partial charge on any atom is 0.323 e. The van der Waals surface area contributed by atoms with Crippen LogP contribution in [-0.4, -0.2) is 18.1 Å². The second-order valence-corrected chi connectivity index (χ2v) is 5.33. The highest BCUT2D eigenvalue weighted by Crippen LogP contribution is 2.10. The van der Waals surface area contributed by atoms with Gasteiger partial charge in [-0.2, -0.15) is 0 Å². The molecule has 0 spiro atoms. The molecule has 0 bridgehead atoms. The molecule has 0 aromatic rings. The van der Waals surface area contributed by atoms with Crippen molar-refractivity contribution in [3.05, 3.63) is 0 Å². The van der Waals surface area contributed by atoms with Gasteiger partial charge in [-0.3, -0.25) is 4.79 Å². The van der Waals surface area contributed by atoms with E-state index in [0.29, 0.717) is 12.3 Å². The number of esters is 1. The number of unbranched alkanes of at least 4 members (excludes halogenated alkanes) is 3. The number of rotatable bonds is 9. The fourth-order valence-corrected chi connectivity index (χ4v) is 1.81. The van der Waals surface area contributed by atoms with E-state index < -0.39 is 6.04 Å². The molecule has 3 nitrogen and oxygen atoms in total. The van der Waals surface area contributed by atoms with Crippen molar-refractivity contribution in [1.82, 2.24) is 0 Å². The van der Waals surface area contributed by atoms with E-state index >= 15 is 0 Å². The van der Waals surface area contributed by atoms with E-state index in [1.165, 1.54) is 19.3 Å². The van der Waals surface area contributed by atoms with Crippen LogP contribution in [0.4, 0.5) is 0 Å². The Morgan fingerprint density at radius 2 is 1.82 bits per heavy atom. The highest BCUT2D eigenvalue weighted by molar-refractivity contribution is 5.75. The largest absolute Gasteiger partial charge is 0.462 e. The van der Waals surface area contributed by atoms with Crippen LogP contribution in [0.1, 0.15) is 66.2 Å². The summed E-state index contributed by atoms with van der Waals surface area (Å²) in [6.07, 6.45) is 6.47. The second-order valence-electron chi connectivity index (χ2n) is 5.33. The van der Waals surface area contributed by atoms with Crippen molar-refractivity contribution in [3.8, 4) is 0 Å². The first-order chi connectivity index (χ1) is 7.97. The molecule has 0 saturated heterocycles. The molecule has 1 unspecified atom stereocenters. The van der Waals surface area contributed by atoms with Crippen molar-refractivity contribution < 1.29 is 9.53 Å². The van der Waals surface area contributed by atoms with E-state index in [4.69, 9.17) is 10.5 Å². The fourth-order valence-electron chi connectivity index (χ4n) is 1.81. The molecule has 102 valence electrons. The molecule has 0 aliphatic carbocycles. The van der Waals surface area contributed by atoms with Gasteiger partial charge < -0.3 is 10.5 Å². The average Bonchev–Trinajstić information content (AvgIpc) is 2.23. The first kappa shape index (κ1) is 16.4. The number of hydrogen-bond donors (Lipinski definition) is 1. The zero-order valence-electron chi connectivity index (χ0n) is 11.9. The highest BCUT2D eigenvalue weighted by Gasteiger charge is 2.18. The third-order valence-electron chi connectivity index (χ3n) is 2.81. The Balaban J connectivity index is 3.71. The molecule has 3 heteroatoms. The highest BCUT2D eigenvalue weighted by atomic mass is 16.5. The summed E-state index contributed by atoms with van der Waals surface area (Å²) in [5.41, 5.74) is 5.77. The van der Waals surface area contributed by atoms with Gasteiger partial charge in [0.1, 0.15) is 6.04 Å². The maximum absolute atomic E-state index is 11.6. The van der Waals surface area contributed by atoms with Gasteiger partial charge >= 0.3 is 5.97 Å². The number of ether oxygens (including phenoxy) is 1. The summed E-state index contributed by atoms with van der Waals surface area (Å²) in [6, 6.07) is -0.465. The minimum Gasteiger partial charge on any atom is -0.462 e. The van der Waals surface area contributed by atoms with Gasteiger partial charge in [0, 0.05) is 0 Å². The van der Waals surface area contributed by atoms with Crippen molar-refractivity contribution in [2.45, 2.75) is 78.4 Å². The minimum absolute atomic E-state index is 0.00225. The van der Waals surface area contributed by atoms with Gasteiger partial charge in [0.25, 0.3) is 0 Å².